The molecule has 0 saturated carbocycles. The largest absolute Gasteiger partial charge is 0.349 e. The van der Waals surface area contributed by atoms with Gasteiger partial charge in [0, 0.05) is 27.3 Å². The lowest BCUT2D eigenvalue weighted by Crippen LogP contribution is -2.67. The minimum Gasteiger partial charge on any atom is -0.349 e. The van der Waals surface area contributed by atoms with Crippen molar-refractivity contribution < 1.29 is 18.9 Å². The van der Waals surface area contributed by atoms with Crippen molar-refractivity contribution in [3.05, 3.63) is 0 Å². The van der Waals surface area contributed by atoms with E-state index in [9.17, 15) is 0 Å². The molecule has 0 spiro atoms. The van der Waals surface area contributed by atoms with Gasteiger partial charge in [0.2, 0.25) is 11.6 Å². The summed E-state index contributed by atoms with van der Waals surface area (Å²) >= 11 is 0. The van der Waals surface area contributed by atoms with Crippen LogP contribution in [0.25, 0.3) is 0 Å². The molecule has 0 aromatic carbocycles. The van der Waals surface area contributed by atoms with Crippen molar-refractivity contribution in [2.24, 2.45) is 11.5 Å². The van der Waals surface area contributed by atoms with Crippen molar-refractivity contribution in [3.63, 3.8) is 0 Å². The Kier molecular flexibility index (Phi) is 4.28. The van der Waals surface area contributed by atoms with Crippen LogP contribution in [0.3, 0.4) is 0 Å². The molecule has 6 nitrogen and oxygen atoms in total. The normalized spacial score (nSPS) is 44.6. The third-order valence-electron chi connectivity index (χ3n) is 3.24. The van der Waals surface area contributed by atoms with E-state index < -0.39 is 11.6 Å². The standard InChI is InChI=1S/C10H22N2O4/c1-9(13-3)10(2,14-4)16-8(6-12)7(5-11)15-9/h7-8H,5-6,11-12H2,1-4H3/t7-,8+,9-,10-/m1/s1. The molecule has 1 heterocycles. The molecule has 1 rings (SSSR count). The third kappa shape index (κ3) is 2.09. The maximum atomic E-state index is 5.81. The zero-order chi connectivity index (χ0) is 12.4. The Hall–Kier alpha value is -0.240. The molecule has 6 heteroatoms. The topological polar surface area (TPSA) is 89.0 Å². The summed E-state index contributed by atoms with van der Waals surface area (Å²) in [6.07, 6.45) is -0.587. The highest BCUT2D eigenvalue weighted by Crippen LogP contribution is 2.38. The highest BCUT2D eigenvalue weighted by Gasteiger charge is 2.55. The lowest BCUT2D eigenvalue weighted by Gasteiger charge is -2.51. The highest BCUT2D eigenvalue weighted by molar-refractivity contribution is 4.91. The van der Waals surface area contributed by atoms with E-state index in [2.05, 4.69) is 0 Å². The Bertz CT molecular complexity index is 217. The fourth-order valence-electron chi connectivity index (χ4n) is 1.81. The van der Waals surface area contributed by atoms with Gasteiger partial charge in [0.05, 0.1) is 0 Å². The Labute approximate surface area is 96.2 Å². The summed E-state index contributed by atoms with van der Waals surface area (Å²) in [5, 5.41) is 0. The number of hydrogen-bond acceptors (Lipinski definition) is 6. The Morgan fingerprint density at radius 3 is 1.44 bits per heavy atom. The lowest BCUT2D eigenvalue weighted by molar-refractivity contribution is -0.445. The van der Waals surface area contributed by atoms with E-state index in [0.717, 1.165) is 0 Å². The molecule has 0 aromatic heterocycles. The van der Waals surface area contributed by atoms with E-state index in [4.69, 9.17) is 30.4 Å². The van der Waals surface area contributed by atoms with Crippen molar-refractivity contribution in [3.8, 4) is 0 Å². The zero-order valence-corrected chi connectivity index (χ0v) is 10.4. The van der Waals surface area contributed by atoms with Crippen LogP contribution in [-0.2, 0) is 18.9 Å². The summed E-state index contributed by atoms with van der Waals surface area (Å²) in [6, 6.07) is 0. The monoisotopic (exact) mass is 234 g/mol. The van der Waals surface area contributed by atoms with Gasteiger partial charge in [-0.15, -0.1) is 0 Å². The van der Waals surface area contributed by atoms with E-state index in [1.54, 1.807) is 13.8 Å². The zero-order valence-electron chi connectivity index (χ0n) is 10.4. The van der Waals surface area contributed by atoms with Gasteiger partial charge in [0.25, 0.3) is 0 Å². The predicted molar refractivity (Wildman–Crippen MR) is 58.7 cm³/mol. The predicted octanol–water partition coefficient (Wildman–Crippen LogP) is -0.587. The summed E-state index contributed by atoms with van der Waals surface area (Å²) in [4.78, 5) is 0. The van der Waals surface area contributed by atoms with Crippen molar-refractivity contribution in [1.82, 2.24) is 0 Å². The number of methoxy groups -OCH3 is 2. The van der Waals surface area contributed by atoms with Gasteiger partial charge in [-0.2, -0.15) is 0 Å². The minimum absolute atomic E-state index is 0.293. The average Bonchev–Trinajstić information content (AvgIpc) is 2.31. The maximum absolute atomic E-state index is 5.81. The molecular weight excluding hydrogens is 212 g/mol. The number of hydrogen-bond donors (Lipinski definition) is 2. The van der Waals surface area contributed by atoms with Crippen molar-refractivity contribution in [2.75, 3.05) is 27.3 Å². The first-order chi connectivity index (χ1) is 7.46. The van der Waals surface area contributed by atoms with Gasteiger partial charge >= 0.3 is 0 Å². The van der Waals surface area contributed by atoms with Crippen LogP contribution in [0.15, 0.2) is 0 Å². The Morgan fingerprint density at radius 1 is 0.938 bits per heavy atom. The second kappa shape index (κ2) is 4.95. The molecular formula is C10H22N2O4. The van der Waals surface area contributed by atoms with Crippen LogP contribution >= 0.6 is 0 Å². The third-order valence-corrected chi connectivity index (χ3v) is 3.24. The summed E-state index contributed by atoms with van der Waals surface area (Å²) in [5.41, 5.74) is 11.2. The molecule has 0 radical (unpaired) electrons. The summed E-state index contributed by atoms with van der Waals surface area (Å²) in [6.45, 7) is 4.15. The van der Waals surface area contributed by atoms with Crippen LogP contribution < -0.4 is 11.5 Å². The molecule has 1 aliphatic rings. The smallest absolute Gasteiger partial charge is 0.220 e. The van der Waals surface area contributed by atoms with Gasteiger partial charge in [0.1, 0.15) is 12.2 Å². The van der Waals surface area contributed by atoms with Crippen molar-refractivity contribution in [2.45, 2.75) is 37.6 Å². The average molecular weight is 234 g/mol. The molecule has 1 fully saturated rings. The van der Waals surface area contributed by atoms with E-state index in [1.165, 1.54) is 14.2 Å². The fraction of sp³-hybridized carbons (Fsp3) is 1.00. The van der Waals surface area contributed by atoms with Crippen molar-refractivity contribution >= 4 is 0 Å². The van der Waals surface area contributed by atoms with Crippen LogP contribution in [0, 0.1) is 0 Å². The molecule has 4 N–H and O–H groups in total. The van der Waals surface area contributed by atoms with Crippen LogP contribution in [0.2, 0.25) is 0 Å². The van der Waals surface area contributed by atoms with Crippen LogP contribution in [0.4, 0.5) is 0 Å². The summed E-state index contributed by atoms with van der Waals surface area (Å²) in [5.74, 6) is -2.01. The SMILES string of the molecule is CO[C@]1(C)O[C@@H](CN)[C@@H](CN)O[C@@]1(C)OC. The number of nitrogens with two attached hydrogens (primary N) is 2. The molecule has 4 atom stereocenters. The van der Waals surface area contributed by atoms with Gasteiger partial charge < -0.3 is 30.4 Å². The molecule has 0 bridgehead atoms. The first-order valence-corrected chi connectivity index (χ1v) is 5.32. The molecule has 0 aromatic rings. The lowest BCUT2D eigenvalue weighted by atomic mass is 10.0. The number of rotatable bonds is 4. The van der Waals surface area contributed by atoms with Gasteiger partial charge in [0.15, 0.2) is 0 Å². The molecule has 1 aliphatic heterocycles. The molecule has 0 aliphatic carbocycles. The van der Waals surface area contributed by atoms with E-state index in [-0.39, 0.29) is 12.2 Å². The van der Waals surface area contributed by atoms with Crippen LogP contribution in [-0.4, -0.2) is 51.1 Å². The van der Waals surface area contributed by atoms with Crippen molar-refractivity contribution in [1.29, 1.82) is 0 Å². The first-order valence-electron chi connectivity index (χ1n) is 5.32. The molecule has 0 amide bonds. The highest BCUT2D eigenvalue weighted by atomic mass is 16.8. The summed E-state index contributed by atoms with van der Waals surface area (Å²) in [7, 11) is 3.08. The van der Waals surface area contributed by atoms with Gasteiger partial charge in [-0.05, 0) is 13.8 Å². The maximum Gasteiger partial charge on any atom is 0.220 e. The molecule has 16 heavy (non-hydrogen) atoms. The fourth-order valence-corrected chi connectivity index (χ4v) is 1.81. The van der Waals surface area contributed by atoms with Gasteiger partial charge in [-0.25, -0.2) is 0 Å². The molecule has 1 saturated heterocycles. The Balaban J connectivity index is 2.94. The van der Waals surface area contributed by atoms with Gasteiger partial charge in [-0.1, -0.05) is 0 Å². The number of ether oxygens (including phenoxy) is 4. The first kappa shape index (κ1) is 13.8. The van der Waals surface area contributed by atoms with E-state index >= 15 is 0 Å². The van der Waals surface area contributed by atoms with E-state index in [1.807, 2.05) is 0 Å². The second-order valence-electron chi connectivity index (χ2n) is 4.08. The van der Waals surface area contributed by atoms with Crippen LogP contribution in [0.1, 0.15) is 13.8 Å². The van der Waals surface area contributed by atoms with Crippen LogP contribution in [0.5, 0.6) is 0 Å². The minimum atomic E-state index is -1.00. The van der Waals surface area contributed by atoms with Gasteiger partial charge in [-0.3, -0.25) is 0 Å². The molecule has 0 unspecified atom stereocenters. The Morgan fingerprint density at radius 2 is 1.25 bits per heavy atom. The molecule has 96 valence electrons. The quantitative estimate of drug-likeness (QED) is 0.676. The second-order valence-corrected chi connectivity index (χ2v) is 4.08. The van der Waals surface area contributed by atoms with E-state index in [0.29, 0.717) is 13.1 Å². The summed E-state index contributed by atoms with van der Waals surface area (Å²) < 4.78 is 22.3.